The van der Waals surface area contributed by atoms with E-state index >= 15 is 0 Å². The summed E-state index contributed by atoms with van der Waals surface area (Å²) in [5, 5.41) is 0. The summed E-state index contributed by atoms with van der Waals surface area (Å²) in [6.07, 6.45) is 0. The zero-order valence-electron chi connectivity index (χ0n) is 12.6. The highest BCUT2D eigenvalue weighted by molar-refractivity contribution is 5.46. The first-order valence-electron chi connectivity index (χ1n) is 7.28. The van der Waals surface area contributed by atoms with Gasteiger partial charge in [0.15, 0.2) is 0 Å². The molecule has 2 rings (SSSR count). The van der Waals surface area contributed by atoms with Crippen molar-refractivity contribution in [2.45, 2.75) is 33.7 Å². The van der Waals surface area contributed by atoms with Gasteiger partial charge >= 0.3 is 0 Å². The molecule has 19 heavy (non-hydrogen) atoms. The number of hydrogen-bond acceptors (Lipinski definition) is 3. The van der Waals surface area contributed by atoms with Gasteiger partial charge in [0.1, 0.15) is 5.75 Å². The second kappa shape index (κ2) is 5.93. The Morgan fingerprint density at radius 1 is 1.26 bits per heavy atom. The number of nitrogens with two attached hydrogens (primary N) is 1. The van der Waals surface area contributed by atoms with Gasteiger partial charge in [-0.25, -0.2) is 0 Å². The van der Waals surface area contributed by atoms with E-state index < -0.39 is 0 Å². The van der Waals surface area contributed by atoms with Gasteiger partial charge in [0, 0.05) is 24.1 Å². The van der Waals surface area contributed by atoms with Crippen molar-refractivity contribution >= 4 is 0 Å². The summed E-state index contributed by atoms with van der Waals surface area (Å²) in [5.41, 5.74) is 10.1. The topological polar surface area (TPSA) is 38.5 Å². The molecular weight excluding hydrogens is 236 g/mol. The molecule has 0 saturated heterocycles. The molecule has 2 unspecified atom stereocenters. The summed E-state index contributed by atoms with van der Waals surface area (Å²) in [4.78, 5) is 2.42. The molecule has 3 nitrogen and oxygen atoms in total. The van der Waals surface area contributed by atoms with Crippen LogP contribution in [0, 0.1) is 19.8 Å². The van der Waals surface area contributed by atoms with Crippen LogP contribution in [0.1, 0.15) is 36.6 Å². The van der Waals surface area contributed by atoms with E-state index in [2.05, 4.69) is 44.7 Å². The molecule has 0 spiro atoms. The average molecular weight is 262 g/mol. The number of fused-ring (bicyclic) bond motifs is 1. The van der Waals surface area contributed by atoms with Crippen molar-refractivity contribution in [2.24, 2.45) is 11.7 Å². The first-order valence-corrected chi connectivity index (χ1v) is 7.28. The predicted molar refractivity (Wildman–Crippen MR) is 79.6 cm³/mol. The van der Waals surface area contributed by atoms with Crippen LogP contribution in [0.3, 0.4) is 0 Å². The molecule has 0 aliphatic carbocycles. The zero-order valence-corrected chi connectivity index (χ0v) is 12.6. The number of aryl methyl sites for hydroxylation is 2. The van der Waals surface area contributed by atoms with E-state index in [9.17, 15) is 0 Å². The average Bonchev–Trinajstić information content (AvgIpc) is 2.39. The van der Waals surface area contributed by atoms with Crippen molar-refractivity contribution < 1.29 is 4.74 Å². The Labute approximate surface area is 116 Å². The molecule has 2 atom stereocenters. The van der Waals surface area contributed by atoms with Gasteiger partial charge in [-0.15, -0.1) is 0 Å². The van der Waals surface area contributed by atoms with Crippen molar-refractivity contribution in [3.8, 4) is 5.75 Å². The van der Waals surface area contributed by atoms with Crippen LogP contribution in [0.4, 0.5) is 0 Å². The summed E-state index contributed by atoms with van der Waals surface area (Å²) >= 11 is 0. The minimum atomic E-state index is 0.0861. The van der Waals surface area contributed by atoms with Crippen molar-refractivity contribution in [2.75, 3.05) is 26.2 Å². The first kappa shape index (κ1) is 14.4. The lowest BCUT2D eigenvalue weighted by molar-refractivity contribution is 0.144. The lowest BCUT2D eigenvalue weighted by Crippen LogP contribution is -2.40. The molecule has 0 radical (unpaired) electrons. The molecule has 1 aliphatic heterocycles. The minimum absolute atomic E-state index is 0.0861. The predicted octanol–water partition coefficient (Wildman–Crippen LogP) is 2.65. The summed E-state index contributed by atoms with van der Waals surface area (Å²) in [6, 6.07) is 4.43. The van der Waals surface area contributed by atoms with Gasteiger partial charge in [-0.3, -0.25) is 0 Å². The van der Waals surface area contributed by atoms with Crippen LogP contribution in [-0.2, 0) is 0 Å². The van der Waals surface area contributed by atoms with Gasteiger partial charge in [-0.05, 0) is 32.5 Å². The van der Waals surface area contributed by atoms with Crippen LogP contribution in [0.25, 0.3) is 0 Å². The maximum absolute atomic E-state index is 6.48. The number of hydrogen-bond donors (Lipinski definition) is 1. The molecule has 1 aromatic rings. The third-order valence-corrected chi connectivity index (χ3v) is 4.14. The van der Waals surface area contributed by atoms with Gasteiger partial charge in [-0.1, -0.05) is 31.5 Å². The smallest absolute Gasteiger partial charge is 0.127 e. The van der Waals surface area contributed by atoms with Crippen LogP contribution >= 0.6 is 0 Å². The highest BCUT2D eigenvalue weighted by Crippen LogP contribution is 2.37. The van der Waals surface area contributed by atoms with Gasteiger partial charge in [0.2, 0.25) is 0 Å². The van der Waals surface area contributed by atoms with E-state index in [-0.39, 0.29) is 6.04 Å². The molecule has 2 N–H and O–H groups in total. The molecule has 0 saturated carbocycles. The highest BCUT2D eigenvalue weighted by atomic mass is 16.5. The van der Waals surface area contributed by atoms with Crippen molar-refractivity contribution in [1.82, 2.24) is 4.90 Å². The Morgan fingerprint density at radius 2 is 1.95 bits per heavy atom. The van der Waals surface area contributed by atoms with E-state index in [0.717, 1.165) is 32.0 Å². The zero-order chi connectivity index (χ0) is 14.0. The molecule has 1 aliphatic rings. The molecule has 0 amide bonds. The Morgan fingerprint density at radius 3 is 2.58 bits per heavy atom. The number of rotatable bonds is 4. The first-order chi connectivity index (χ1) is 9.06. The molecule has 0 bridgehead atoms. The van der Waals surface area contributed by atoms with E-state index in [1.165, 1.54) is 16.7 Å². The van der Waals surface area contributed by atoms with E-state index in [1.54, 1.807) is 0 Å². The van der Waals surface area contributed by atoms with E-state index in [4.69, 9.17) is 10.5 Å². The van der Waals surface area contributed by atoms with Gasteiger partial charge in [-0.2, -0.15) is 0 Å². The third-order valence-electron chi connectivity index (χ3n) is 4.14. The van der Waals surface area contributed by atoms with Crippen LogP contribution in [-0.4, -0.2) is 31.1 Å². The monoisotopic (exact) mass is 262 g/mol. The summed E-state index contributed by atoms with van der Waals surface area (Å²) in [6.45, 7) is 12.5. The maximum atomic E-state index is 6.48. The Hall–Kier alpha value is -1.06. The van der Waals surface area contributed by atoms with Crippen LogP contribution < -0.4 is 10.5 Å². The van der Waals surface area contributed by atoms with E-state index in [0.29, 0.717) is 5.92 Å². The number of nitrogens with zero attached hydrogens (tertiary/aromatic N) is 1. The minimum Gasteiger partial charge on any atom is -0.493 e. The third kappa shape index (κ3) is 2.93. The number of benzene rings is 1. The summed E-state index contributed by atoms with van der Waals surface area (Å²) < 4.78 is 5.98. The van der Waals surface area contributed by atoms with Gasteiger partial charge in [0.05, 0.1) is 6.61 Å². The molecule has 106 valence electrons. The van der Waals surface area contributed by atoms with Crippen LogP contribution in [0.5, 0.6) is 5.75 Å². The lowest BCUT2D eigenvalue weighted by atomic mass is 9.88. The molecule has 3 heteroatoms. The Kier molecular flexibility index (Phi) is 4.48. The highest BCUT2D eigenvalue weighted by Gasteiger charge is 2.30. The largest absolute Gasteiger partial charge is 0.493 e. The van der Waals surface area contributed by atoms with Crippen LogP contribution in [0.2, 0.25) is 0 Å². The van der Waals surface area contributed by atoms with Crippen molar-refractivity contribution in [1.29, 1.82) is 0 Å². The van der Waals surface area contributed by atoms with Gasteiger partial charge in [0.25, 0.3) is 0 Å². The molecule has 1 heterocycles. The quantitative estimate of drug-likeness (QED) is 0.906. The molecular formula is C16H26N2O. The lowest BCUT2D eigenvalue weighted by Gasteiger charge is -2.35. The Balaban J connectivity index is 2.21. The fourth-order valence-electron chi connectivity index (χ4n) is 2.96. The molecule has 0 fully saturated rings. The van der Waals surface area contributed by atoms with Gasteiger partial charge < -0.3 is 15.4 Å². The summed E-state index contributed by atoms with van der Waals surface area (Å²) in [7, 11) is 0. The normalized spacial score (nSPS) is 22.2. The maximum Gasteiger partial charge on any atom is 0.127 e. The fraction of sp³-hybridized carbons (Fsp3) is 0.625. The molecule has 0 aromatic heterocycles. The van der Waals surface area contributed by atoms with Crippen molar-refractivity contribution in [3.05, 3.63) is 28.8 Å². The van der Waals surface area contributed by atoms with Crippen molar-refractivity contribution in [3.63, 3.8) is 0 Å². The Bertz CT molecular complexity index is 441. The second-order valence-electron chi connectivity index (χ2n) is 5.58. The standard InChI is InChI=1S/C16H26N2O/c1-5-18(6-2)9-13-10-19-16-12(4)7-11(3)8-14(16)15(13)17/h7-8,13,15H,5-6,9-10,17H2,1-4H3. The van der Waals surface area contributed by atoms with E-state index in [1.807, 2.05) is 0 Å². The summed E-state index contributed by atoms with van der Waals surface area (Å²) in [5.74, 6) is 1.39. The SMILES string of the molecule is CCN(CC)CC1COc2c(C)cc(C)cc2C1N. The van der Waals surface area contributed by atoms with Crippen LogP contribution in [0.15, 0.2) is 12.1 Å². The second-order valence-corrected chi connectivity index (χ2v) is 5.58. The number of ether oxygens (including phenoxy) is 1. The molecule has 1 aromatic carbocycles. The fourth-order valence-corrected chi connectivity index (χ4v) is 2.96.